The molecule has 0 aliphatic rings. The Morgan fingerprint density at radius 3 is 2.80 bits per heavy atom. The van der Waals surface area contributed by atoms with Crippen LogP contribution in [0.25, 0.3) is 0 Å². The largest absolute Gasteiger partial charge is 0.436 e. The van der Waals surface area contributed by atoms with Gasteiger partial charge >= 0.3 is 11.6 Å². The molecule has 0 fully saturated rings. The van der Waals surface area contributed by atoms with E-state index in [1.807, 2.05) is 47.8 Å². The van der Waals surface area contributed by atoms with E-state index in [2.05, 4.69) is 15.0 Å². The van der Waals surface area contributed by atoms with Gasteiger partial charge in [0.05, 0.1) is 13.2 Å². The average Bonchev–Trinajstić information content (AvgIpc) is 2.24. The molecule has 76 valence electrons. The molecule has 0 aliphatic carbocycles. The Kier molecular flexibility index (Phi) is 2.53. The Balaban J connectivity index is 2.57. The lowest BCUT2D eigenvalue weighted by atomic mass is 10.6. The molecule has 0 saturated carbocycles. The summed E-state index contributed by atoms with van der Waals surface area (Å²) in [6.07, 6.45) is 7.22. The van der Waals surface area contributed by atoms with Crippen LogP contribution in [0.15, 0.2) is 41.9 Å². The highest BCUT2D eigenvalue weighted by molar-refractivity contribution is 5.03. The van der Waals surface area contributed by atoms with Gasteiger partial charge in [-0.1, -0.05) is 4.98 Å². The Morgan fingerprint density at radius 1 is 1.27 bits per heavy atom. The maximum Gasteiger partial charge on any atom is 0.436 e. The highest BCUT2D eigenvalue weighted by atomic mass is 15.2. The van der Waals surface area contributed by atoms with E-state index in [-0.39, 0.29) is 0 Å². The predicted octanol–water partition coefficient (Wildman–Crippen LogP) is -0.128. The zero-order chi connectivity index (χ0) is 10.7. The highest BCUT2D eigenvalue weighted by Gasteiger charge is 2.05. The zero-order valence-electron chi connectivity index (χ0n) is 8.70. The molecule has 0 amide bonds. The molecule has 0 spiro atoms. The first-order valence-electron chi connectivity index (χ1n) is 4.60. The molecule has 0 bridgehead atoms. The molecule has 0 N–H and O–H groups in total. The summed E-state index contributed by atoms with van der Waals surface area (Å²) in [4.78, 5) is 12.7. The summed E-state index contributed by atoms with van der Waals surface area (Å²) in [5.74, 6) is 0.631. The van der Waals surface area contributed by atoms with Crippen LogP contribution < -0.4 is 10.2 Å². The fourth-order valence-corrected chi connectivity index (χ4v) is 1.17. The zero-order valence-corrected chi connectivity index (χ0v) is 8.70. The Hall–Kier alpha value is -2.04. The molecule has 2 heterocycles. The van der Waals surface area contributed by atoms with E-state index in [0.29, 0.717) is 11.6 Å². The third-order valence-corrected chi connectivity index (χ3v) is 2.00. The van der Waals surface area contributed by atoms with Crippen LogP contribution in [0.2, 0.25) is 0 Å². The van der Waals surface area contributed by atoms with Crippen LogP contribution in [-0.4, -0.2) is 14.5 Å². The third kappa shape index (κ3) is 2.07. The van der Waals surface area contributed by atoms with Gasteiger partial charge in [0.2, 0.25) is 0 Å². The van der Waals surface area contributed by atoms with Crippen molar-refractivity contribution in [1.82, 2.24) is 14.5 Å². The fraction of sp³-hybridized carbons (Fsp3) is 0.200. The number of aromatic nitrogens is 4. The van der Waals surface area contributed by atoms with Crippen molar-refractivity contribution in [3.63, 3.8) is 0 Å². The van der Waals surface area contributed by atoms with Crippen molar-refractivity contribution in [2.24, 2.45) is 19.1 Å². The van der Waals surface area contributed by atoms with Crippen LogP contribution in [0.4, 0.5) is 5.95 Å². The SMILES string of the molecule is Cn1cccnc1=Nc1nccc[n+]1C. The normalized spacial score (nSPS) is 11.7. The molecule has 15 heavy (non-hydrogen) atoms. The lowest BCUT2D eigenvalue weighted by molar-refractivity contribution is -0.661. The summed E-state index contributed by atoms with van der Waals surface area (Å²) in [7, 11) is 3.80. The molecule has 0 aliphatic heterocycles. The first kappa shape index (κ1) is 9.51. The molecule has 2 aromatic heterocycles. The Labute approximate surface area is 87.4 Å². The van der Waals surface area contributed by atoms with Crippen LogP contribution in [0, 0.1) is 0 Å². The fourth-order valence-electron chi connectivity index (χ4n) is 1.17. The molecular weight excluding hydrogens is 190 g/mol. The monoisotopic (exact) mass is 202 g/mol. The minimum Gasteiger partial charge on any atom is -0.306 e. The molecule has 5 heteroatoms. The summed E-state index contributed by atoms with van der Waals surface area (Å²) in [6.45, 7) is 0. The van der Waals surface area contributed by atoms with Crippen molar-refractivity contribution in [2.75, 3.05) is 0 Å². The van der Waals surface area contributed by atoms with E-state index in [1.54, 1.807) is 12.4 Å². The number of aryl methyl sites for hydroxylation is 2. The maximum absolute atomic E-state index is 4.34. The number of nitrogens with zero attached hydrogens (tertiary/aromatic N) is 5. The summed E-state index contributed by atoms with van der Waals surface area (Å²) < 4.78 is 3.68. The summed E-state index contributed by atoms with van der Waals surface area (Å²) in [5.41, 5.74) is 0.631. The summed E-state index contributed by atoms with van der Waals surface area (Å²) in [6, 6.07) is 3.72. The molecule has 0 radical (unpaired) electrons. The van der Waals surface area contributed by atoms with Gasteiger partial charge in [-0.05, 0) is 11.1 Å². The average molecular weight is 202 g/mol. The van der Waals surface area contributed by atoms with Gasteiger partial charge < -0.3 is 4.57 Å². The summed E-state index contributed by atoms with van der Waals surface area (Å²) in [5, 5.41) is 0. The second-order valence-electron chi connectivity index (χ2n) is 3.17. The van der Waals surface area contributed by atoms with Crippen LogP contribution >= 0.6 is 0 Å². The number of hydrogen-bond donors (Lipinski definition) is 0. The van der Waals surface area contributed by atoms with E-state index in [9.17, 15) is 0 Å². The van der Waals surface area contributed by atoms with Gasteiger partial charge in [0.1, 0.15) is 6.20 Å². The van der Waals surface area contributed by atoms with E-state index in [1.165, 1.54) is 0 Å². The summed E-state index contributed by atoms with van der Waals surface area (Å²) >= 11 is 0. The van der Waals surface area contributed by atoms with Gasteiger partial charge in [0.25, 0.3) is 0 Å². The van der Waals surface area contributed by atoms with Gasteiger partial charge in [0.15, 0.2) is 0 Å². The van der Waals surface area contributed by atoms with Crippen molar-refractivity contribution >= 4 is 5.95 Å². The number of hydrogen-bond acceptors (Lipinski definition) is 3. The minimum absolute atomic E-state index is 0.631. The molecule has 0 saturated heterocycles. The van der Waals surface area contributed by atoms with Crippen LogP contribution in [0.1, 0.15) is 0 Å². The van der Waals surface area contributed by atoms with Crippen LogP contribution in [-0.2, 0) is 14.1 Å². The van der Waals surface area contributed by atoms with Crippen molar-refractivity contribution in [3.8, 4) is 0 Å². The third-order valence-electron chi connectivity index (χ3n) is 2.00. The van der Waals surface area contributed by atoms with Crippen molar-refractivity contribution in [1.29, 1.82) is 0 Å². The smallest absolute Gasteiger partial charge is 0.306 e. The predicted molar refractivity (Wildman–Crippen MR) is 53.8 cm³/mol. The molecular formula is C10H12N5+. The Morgan fingerprint density at radius 2 is 2.07 bits per heavy atom. The van der Waals surface area contributed by atoms with Gasteiger partial charge in [-0.25, -0.2) is 9.55 Å². The van der Waals surface area contributed by atoms with E-state index >= 15 is 0 Å². The number of rotatable bonds is 1. The first-order chi connectivity index (χ1) is 7.27. The molecule has 0 atom stereocenters. The highest BCUT2D eigenvalue weighted by Crippen LogP contribution is 1.93. The molecule has 0 aromatic carbocycles. The van der Waals surface area contributed by atoms with Gasteiger partial charge in [-0.3, -0.25) is 0 Å². The van der Waals surface area contributed by atoms with E-state index < -0.39 is 0 Å². The lowest BCUT2D eigenvalue weighted by Crippen LogP contribution is -2.30. The topological polar surface area (TPSA) is 47.0 Å². The first-order valence-corrected chi connectivity index (χ1v) is 4.60. The maximum atomic E-state index is 4.34. The van der Waals surface area contributed by atoms with Crippen molar-refractivity contribution in [2.45, 2.75) is 0 Å². The van der Waals surface area contributed by atoms with E-state index in [4.69, 9.17) is 0 Å². The molecule has 2 aromatic rings. The minimum atomic E-state index is 0.631. The second kappa shape index (κ2) is 4.00. The standard InChI is InChI=1S/C10H12N5/c1-14-7-3-5-11-9(14)13-10-12-6-4-8-15(10)2/h3-8H,1-2H3/q+1. The van der Waals surface area contributed by atoms with Gasteiger partial charge in [0, 0.05) is 25.5 Å². The van der Waals surface area contributed by atoms with Gasteiger partial charge in [-0.2, -0.15) is 0 Å². The molecule has 0 unspecified atom stereocenters. The van der Waals surface area contributed by atoms with Crippen LogP contribution in [0.5, 0.6) is 0 Å². The van der Waals surface area contributed by atoms with Crippen molar-refractivity contribution < 1.29 is 4.57 Å². The van der Waals surface area contributed by atoms with Crippen molar-refractivity contribution in [3.05, 3.63) is 42.5 Å². The molecule has 2 rings (SSSR count). The lowest BCUT2D eigenvalue weighted by Gasteiger charge is -1.93. The van der Waals surface area contributed by atoms with Gasteiger partial charge in [-0.15, -0.1) is 0 Å². The quantitative estimate of drug-likeness (QED) is 0.605. The molecule has 5 nitrogen and oxygen atoms in total. The van der Waals surface area contributed by atoms with E-state index in [0.717, 1.165) is 0 Å². The van der Waals surface area contributed by atoms with Crippen LogP contribution in [0.3, 0.4) is 0 Å². The second-order valence-corrected chi connectivity index (χ2v) is 3.17. The Bertz CT molecular complexity index is 529.